The quantitative estimate of drug-likeness (QED) is 0.692. The number of hydrogen-bond donors (Lipinski definition) is 1. The van der Waals surface area contributed by atoms with Crippen LogP contribution in [0.25, 0.3) is 0 Å². The molecule has 0 saturated heterocycles. The van der Waals surface area contributed by atoms with Gasteiger partial charge in [-0.2, -0.15) is 0 Å². The Morgan fingerprint density at radius 1 is 1.44 bits per heavy atom. The molecule has 0 atom stereocenters. The first-order valence-corrected chi connectivity index (χ1v) is 5.76. The molecule has 0 radical (unpaired) electrons. The fourth-order valence-corrected chi connectivity index (χ4v) is 1.47. The average molecular weight is 231 g/mol. The van der Waals surface area contributed by atoms with Gasteiger partial charge in [0.25, 0.3) is 0 Å². The maximum absolute atomic E-state index is 10.7. The minimum atomic E-state index is -0.768. The molecule has 0 unspecified atom stereocenters. The van der Waals surface area contributed by atoms with Crippen LogP contribution in [-0.2, 0) is 9.53 Å². The van der Waals surface area contributed by atoms with Crippen molar-refractivity contribution in [3.05, 3.63) is 0 Å². The third kappa shape index (κ3) is 7.65. The molecule has 16 heavy (non-hydrogen) atoms. The number of rotatable bonds is 8. The van der Waals surface area contributed by atoms with Crippen molar-refractivity contribution in [2.75, 3.05) is 26.7 Å². The standard InChI is InChI=1S/C12H25NO3/c1-10(2)8-13(9-11(14)15)7-6-12(3,4)16-5/h10H,6-9H2,1-5H3,(H,14,15). The van der Waals surface area contributed by atoms with E-state index < -0.39 is 5.97 Å². The first-order valence-electron chi connectivity index (χ1n) is 5.76. The zero-order valence-electron chi connectivity index (χ0n) is 11.1. The number of carbonyl (C=O) groups is 1. The molecule has 0 aromatic heterocycles. The number of hydrogen-bond acceptors (Lipinski definition) is 3. The zero-order chi connectivity index (χ0) is 12.8. The summed E-state index contributed by atoms with van der Waals surface area (Å²) in [7, 11) is 1.68. The molecule has 0 aliphatic rings. The van der Waals surface area contributed by atoms with E-state index in [-0.39, 0.29) is 12.1 Å². The van der Waals surface area contributed by atoms with Crippen molar-refractivity contribution >= 4 is 5.97 Å². The van der Waals surface area contributed by atoms with Gasteiger partial charge in [0.2, 0.25) is 0 Å². The third-order valence-corrected chi connectivity index (χ3v) is 2.56. The van der Waals surface area contributed by atoms with Gasteiger partial charge in [0.1, 0.15) is 0 Å². The van der Waals surface area contributed by atoms with Gasteiger partial charge in [-0.3, -0.25) is 9.69 Å². The van der Waals surface area contributed by atoms with Crippen molar-refractivity contribution in [2.24, 2.45) is 5.92 Å². The fraction of sp³-hybridized carbons (Fsp3) is 0.917. The maximum Gasteiger partial charge on any atom is 0.317 e. The second kappa shape index (κ2) is 6.86. The van der Waals surface area contributed by atoms with Crippen LogP contribution in [0.15, 0.2) is 0 Å². The smallest absolute Gasteiger partial charge is 0.317 e. The van der Waals surface area contributed by atoms with Crippen LogP contribution in [-0.4, -0.2) is 48.3 Å². The van der Waals surface area contributed by atoms with Gasteiger partial charge in [-0.25, -0.2) is 0 Å². The first kappa shape index (κ1) is 15.4. The van der Waals surface area contributed by atoms with E-state index in [0.29, 0.717) is 5.92 Å². The van der Waals surface area contributed by atoms with Crippen molar-refractivity contribution in [3.63, 3.8) is 0 Å². The molecule has 4 heteroatoms. The number of nitrogens with zero attached hydrogens (tertiary/aromatic N) is 1. The van der Waals surface area contributed by atoms with Crippen molar-refractivity contribution in [1.29, 1.82) is 0 Å². The van der Waals surface area contributed by atoms with Crippen LogP contribution >= 0.6 is 0 Å². The topological polar surface area (TPSA) is 49.8 Å². The van der Waals surface area contributed by atoms with E-state index in [4.69, 9.17) is 9.84 Å². The van der Waals surface area contributed by atoms with E-state index in [1.807, 2.05) is 18.7 Å². The Kier molecular flexibility index (Phi) is 6.60. The molecule has 0 rings (SSSR count). The lowest BCUT2D eigenvalue weighted by atomic mass is 10.0. The summed E-state index contributed by atoms with van der Waals surface area (Å²) in [5.74, 6) is -0.291. The van der Waals surface area contributed by atoms with Gasteiger partial charge in [0.05, 0.1) is 12.1 Å². The summed E-state index contributed by atoms with van der Waals surface area (Å²) in [6.45, 7) is 9.89. The normalized spacial score (nSPS) is 12.4. The molecule has 0 bridgehead atoms. The Balaban J connectivity index is 4.15. The Bertz CT molecular complexity index is 214. The van der Waals surface area contributed by atoms with Gasteiger partial charge in [0, 0.05) is 20.2 Å². The molecular weight excluding hydrogens is 206 g/mol. The number of methoxy groups -OCH3 is 1. The lowest BCUT2D eigenvalue weighted by Crippen LogP contribution is -2.37. The molecule has 0 aliphatic heterocycles. The molecule has 0 heterocycles. The minimum Gasteiger partial charge on any atom is -0.480 e. The highest BCUT2D eigenvalue weighted by Gasteiger charge is 2.19. The summed E-state index contributed by atoms with van der Waals surface area (Å²) in [6.07, 6.45) is 0.837. The van der Waals surface area contributed by atoms with Crippen LogP contribution in [0.3, 0.4) is 0 Å². The number of aliphatic carboxylic acids is 1. The summed E-state index contributed by atoms with van der Waals surface area (Å²) in [5, 5.41) is 8.81. The van der Waals surface area contributed by atoms with E-state index >= 15 is 0 Å². The average Bonchev–Trinajstić information content (AvgIpc) is 2.13. The van der Waals surface area contributed by atoms with Gasteiger partial charge in [-0.1, -0.05) is 13.8 Å². The Labute approximate surface area is 98.6 Å². The van der Waals surface area contributed by atoms with Crippen molar-refractivity contribution in [3.8, 4) is 0 Å². The van der Waals surface area contributed by atoms with E-state index in [0.717, 1.165) is 19.5 Å². The predicted octanol–water partition coefficient (Wildman–Crippen LogP) is 1.84. The fourth-order valence-electron chi connectivity index (χ4n) is 1.47. The summed E-state index contributed by atoms with van der Waals surface area (Å²) in [5.41, 5.74) is -0.187. The number of ether oxygens (including phenoxy) is 1. The van der Waals surface area contributed by atoms with Crippen LogP contribution in [0.5, 0.6) is 0 Å². The van der Waals surface area contributed by atoms with Crippen molar-refractivity contribution in [1.82, 2.24) is 4.90 Å². The highest BCUT2D eigenvalue weighted by molar-refractivity contribution is 5.69. The van der Waals surface area contributed by atoms with Crippen molar-refractivity contribution in [2.45, 2.75) is 39.7 Å². The Hall–Kier alpha value is -0.610. The maximum atomic E-state index is 10.7. The summed E-state index contributed by atoms with van der Waals surface area (Å²) >= 11 is 0. The Morgan fingerprint density at radius 3 is 2.38 bits per heavy atom. The van der Waals surface area contributed by atoms with Crippen LogP contribution in [0.2, 0.25) is 0 Å². The molecular formula is C12H25NO3. The highest BCUT2D eigenvalue weighted by Crippen LogP contribution is 2.14. The number of carboxylic acid groups (broad SMARTS) is 1. The zero-order valence-corrected chi connectivity index (χ0v) is 11.1. The van der Waals surface area contributed by atoms with Crippen LogP contribution in [0, 0.1) is 5.92 Å². The van der Waals surface area contributed by atoms with Gasteiger partial charge in [-0.15, -0.1) is 0 Å². The van der Waals surface area contributed by atoms with E-state index in [2.05, 4.69) is 13.8 Å². The molecule has 0 spiro atoms. The van der Waals surface area contributed by atoms with Crippen LogP contribution in [0.1, 0.15) is 34.1 Å². The van der Waals surface area contributed by atoms with E-state index in [9.17, 15) is 4.79 Å². The minimum absolute atomic E-state index is 0.109. The second-order valence-corrected chi connectivity index (χ2v) is 5.24. The van der Waals surface area contributed by atoms with Crippen LogP contribution < -0.4 is 0 Å². The summed E-state index contributed by atoms with van der Waals surface area (Å²) < 4.78 is 5.32. The molecule has 96 valence electrons. The predicted molar refractivity (Wildman–Crippen MR) is 64.6 cm³/mol. The van der Waals surface area contributed by atoms with E-state index in [1.54, 1.807) is 7.11 Å². The van der Waals surface area contributed by atoms with E-state index in [1.165, 1.54) is 0 Å². The van der Waals surface area contributed by atoms with Crippen LogP contribution in [0.4, 0.5) is 0 Å². The summed E-state index contributed by atoms with van der Waals surface area (Å²) in [6, 6.07) is 0. The Morgan fingerprint density at radius 2 is 2.00 bits per heavy atom. The molecule has 0 amide bonds. The molecule has 0 fully saturated rings. The van der Waals surface area contributed by atoms with Gasteiger partial charge in [-0.05, 0) is 26.2 Å². The molecule has 4 nitrogen and oxygen atoms in total. The van der Waals surface area contributed by atoms with Gasteiger partial charge >= 0.3 is 5.97 Å². The summed E-state index contributed by atoms with van der Waals surface area (Å²) in [4.78, 5) is 12.7. The molecule has 1 N–H and O–H groups in total. The largest absolute Gasteiger partial charge is 0.480 e. The monoisotopic (exact) mass is 231 g/mol. The molecule has 0 aliphatic carbocycles. The number of carboxylic acids is 1. The van der Waals surface area contributed by atoms with Gasteiger partial charge in [0.15, 0.2) is 0 Å². The molecule has 0 saturated carbocycles. The SMILES string of the molecule is COC(C)(C)CCN(CC(=O)O)CC(C)C. The molecule has 0 aromatic rings. The third-order valence-electron chi connectivity index (χ3n) is 2.56. The van der Waals surface area contributed by atoms with Gasteiger partial charge < -0.3 is 9.84 Å². The first-order chi connectivity index (χ1) is 7.26. The lowest BCUT2D eigenvalue weighted by molar-refractivity contribution is -0.138. The molecule has 0 aromatic carbocycles. The highest BCUT2D eigenvalue weighted by atomic mass is 16.5. The van der Waals surface area contributed by atoms with Crippen molar-refractivity contribution < 1.29 is 14.6 Å². The second-order valence-electron chi connectivity index (χ2n) is 5.24. The lowest BCUT2D eigenvalue weighted by Gasteiger charge is -2.28.